The summed E-state index contributed by atoms with van der Waals surface area (Å²) in [7, 11) is 0.570. The molecule has 0 fully saturated rings. The van der Waals surface area contributed by atoms with E-state index < -0.39 is 0 Å². The number of nitrogens with two attached hydrogens (primary N) is 2. The van der Waals surface area contributed by atoms with Crippen LogP contribution in [0.15, 0.2) is 5.80 Å². The van der Waals surface area contributed by atoms with Crippen molar-refractivity contribution in [2.75, 3.05) is 11.5 Å². The average molecular weight is 113 g/mol. The van der Waals surface area contributed by atoms with Crippen molar-refractivity contribution in [1.82, 2.24) is 0 Å². The molecule has 1 atom stereocenters. The summed E-state index contributed by atoms with van der Waals surface area (Å²) in [5.74, 6) is 4.74. The second-order valence-corrected chi connectivity index (χ2v) is 2.11. The smallest absolute Gasteiger partial charge is 0.0672 e. The molecule has 1 rings (SSSR count). The topological polar surface area (TPSA) is 52.0 Å². The normalized spacial score (nSPS) is 9.14. The van der Waals surface area contributed by atoms with Gasteiger partial charge in [0.2, 0.25) is 0 Å². The summed E-state index contributed by atoms with van der Waals surface area (Å²) < 4.78 is 0. The predicted molar refractivity (Wildman–Crippen MR) is 33.6 cm³/mol. The Balaban J connectivity index is 3.12. The van der Waals surface area contributed by atoms with E-state index in [-0.39, 0.29) is 0 Å². The van der Waals surface area contributed by atoms with Gasteiger partial charge in [-0.15, -0.1) is 8.19 Å². The van der Waals surface area contributed by atoms with Crippen LogP contribution in [-0.2, 0) is 0 Å². The van der Waals surface area contributed by atoms with Crippen molar-refractivity contribution in [2.24, 2.45) is 0 Å². The molecule has 1 heterocycles. The largest absolute Gasteiger partial charge is 0.397 e. The van der Waals surface area contributed by atoms with E-state index in [4.69, 9.17) is 11.5 Å². The number of nitrogen functional groups attached to an aromatic ring is 2. The Morgan fingerprint density at radius 1 is 1.57 bits per heavy atom. The SMILES string of the molecule is Nc1[c][pH]cc1N. The van der Waals surface area contributed by atoms with E-state index in [1.165, 1.54) is 0 Å². The Labute approximate surface area is 43.6 Å². The van der Waals surface area contributed by atoms with Gasteiger partial charge in [-0.1, -0.05) is 0 Å². The van der Waals surface area contributed by atoms with E-state index in [0.717, 1.165) is 0 Å². The van der Waals surface area contributed by atoms with Crippen molar-refractivity contribution in [1.29, 1.82) is 0 Å². The van der Waals surface area contributed by atoms with Gasteiger partial charge in [0.25, 0.3) is 0 Å². The van der Waals surface area contributed by atoms with Crippen LogP contribution >= 0.6 is 8.19 Å². The number of anilines is 2. The maximum absolute atomic E-state index is 5.32. The maximum atomic E-state index is 5.32. The Morgan fingerprint density at radius 2 is 2.29 bits per heavy atom. The molecule has 0 aromatic carbocycles. The zero-order chi connectivity index (χ0) is 5.28. The van der Waals surface area contributed by atoms with Crippen LogP contribution in [0.1, 0.15) is 0 Å². The zero-order valence-corrected chi connectivity index (χ0v) is 4.73. The molecule has 0 bridgehead atoms. The molecule has 1 radical (unpaired) electrons. The first-order valence-electron chi connectivity index (χ1n) is 1.90. The van der Waals surface area contributed by atoms with Gasteiger partial charge in [-0.25, -0.2) is 0 Å². The molecule has 2 nitrogen and oxygen atoms in total. The Kier molecular flexibility index (Phi) is 0.953. The highest BCUT2D eigenvalue weighted by molar-refractivity contribution is 7.28. The quantitative estimate of drug-likeness (QED) is 0.519. The fourth-order valence-electron chi connectivity index (χ4n) is 0.342. The van der Waals surface area contributed by atoms with Crippen LogP contribution in [0.4, 0.5) is 11.4 Å². The third-order valence-electron chi connectivity index (χ3n) is 0.746. The lowest BCUT2D eigenvalue weighted by Gasteiger charge is -1.82. The summed E-state index contributed by atoms with van der Waals surface area (Å²) >= 11 is 0. The zero-order valence-electron chi connectivity index (χ0n) is 3.73. The molecule has 4 N–H and O–H groups in total. The van der Waals surface area contributed by atoms with Crippen LogP contribution in [0.3, 0.4) is 0 Å². The Morgan fingerprint density at radius 3 is 2.43 bits per heavy atom. The number of hydrogen-bond donors (Lipinski definition) is 2. The minimum absolute atomic E-state index is 0.570. The lowest BCUT2D eigenvalue weighted by atomic mass is 10.5. The van der Waals surface area contributed by atoms with Crippen molar-refractivity contribution < 1.29 is 0 Å². The highest BCUT2D eigenvalue weighted by Crippen LogP contribution is 2.20. The molecule has 0 spiro atoms. The number of rotatable bonds is 0. The van der Waals surface area contributed by atoms with E-state index in [1.807, 2.05) is 5.80 Å². The van der Waals surface area contributed by atoms with Crippen molar-refractivity contribution in [3.8, 4) is 0 Å². The molecule has 1 aromatic heterocycles. The summed E-state index contributed by atoms with van der Waals surface area (Å²) in [6.45, 7) is 0. The average Bonchev–Trinajstić information content (AvgIpc) is 1.91. The highest BCUT2D eigenvalue weighted by atomic mass is 31.0. The predicted octanol–water partition coefficient (Wildman–Crippen LogP) is 0.682. The molecule has 0 aliphatic carbocycles. The minimum Gasteiger partial charge on any atom is -0.397 e. The first kappa shape index (κ1) is 4.54. The fourth-order valence-corrected chi connectivity index (χ4v) is 1.02. The molecular formula is C4H6N2P. The molecule has 1 aromatic rings. The minimum atomic E-state index is 0.570. The van der Waals surface area contributed by atoms with Gasteiger partial charge in [-0.3, -0.25) is 0 Å². The van der Waals surface area contributed by atoms with Crippen molar-refractivity contribution in [3.05, 3.63) is 11.6 Å². The second kappa shape index (κ2) is 1.47. The standard InChI is InChI=1S/C4H6N2P/c5-3-1-7-2-4(3)6/h1,7H,5-6H2. The van der Waals surface area contributed by atoms with Gasteiger partial charge in [0, 0.05) is 5.80 Å². The van der Waals surface area contributed by atoms with E-state index >= 15 is 0 Å². The number of hydrogen-bond acceptors (Lipinski definition) is 2. The van der Waals surface area contributed by atoms with Crippen molar-refractivity contribution in [2.45, 2.75) is 0 Å². The molecule has 37 valence electrons. The summed E-state index contributed by atoms with van der Waals surface area (Å²) in [4.78, 5) is 0. The van der Waals surface area contributed by atoms with E-state index in [1.54, 1.807) is 0 Å². The van der Waals surface area contributed by atoms with Crippen molar-refractivity contribution in [3.63, 3.8) is 0 Å². The van der Waals surface area contributed by atoms with Crippen LogP contribution in [0.25, 0.3) is 0 Å². The maximum Gasteiger partial charge on any atom is 0.0672 e. The third kappa shape index (κ3) is 0.699. The molecule has 0 aliphatic rings. The van der Waals surface area contributed by atoms with Crippen LogP contribution in [0.2, 0.25) is 0 Å². The lowest BCUT2D eigenvalue weighted by molar-refractivity contribution is 1.81. The highest BCUT2D eigenvalue weighted by Gasteiger charge is 1.88. The molecule has 0 saturated carbocycles. The molecule has 0 amide bonds. The van der Waals surface area contributed by atoms with Crippen molar-refractivity contribution >= 4 is 19.6 Å². The Hall–Kier alpha value is -0.620. The third-order valence-corrected chi connectivity index (χ3v) is 1.61. The lowest BCUT2D eigenvalue weighted by Crippen LogP contribution is -1.87. The molecule has 3 heteroatoms. The second-order valence-electron chi connectivity index (χ2n) is 1.28. The van der Waals surface area contributed by atoms with Crippen LogP contribution in [0.5, 0.6) is 0 Å². The summed E-state index contributed by atoms with van der Waals surface area (Å²) in [5.41, 5.74) is 11.9. The van der Waals surface area contributed by atoms with Gasteiger partial charge in [-0.05, 0) is 5.80 Å². The monoisotopic (exact) mass is 113 g/mol. The summed E-state index contributed by atoms with van der Waals surface area (Å²) in [5, 5.41) is 0. The van der Waals surface area contributed by atoms with E-state index in [2.05, 4.69) is 5.80 Å². The molecule has 7 heavy (non-hydrogen) atoms. The van der Waals surface area contributed by atoms with Gasteiger partial charge in [0.15, 0.2) is 0 Å². The molecular weight excluding hydrogens is 107 g/mol. The van der Waals surface area contributed by atoms with Gasteiger partial charge in [-0.2, -0.15) is 0 Å². The van der Waals surface area contributed by atoms with Gasteiger partial charge in [0.1, 0.15) is 0 Å². The first-order valence-corrected chi connectivity index (χ1v) is 2.98. The van der Waals surface area contributed by atoms with Crippen LogP contribution < -0.4 is 11.5 Å². The van der Waals surface area contributed by atoms with Crippen LogP contribution in [0, 0.1) is 5.80 Å². The first-order chi connectivity index (χ1) is 3.30. The molecule has 0 aliphatic heterocycles. The molecule has 1 unspecified atom stereocenters. The summed E-state index contributed by atoms with van der Waals surface area (Å²) in [6, 6.07) is 0. The molecule has 0 saturated heterocycles. The summed E-state index contributed by atoms with van der Waals surface area (Å²) in [6.07, 6.45) is 0. The van der Waals surface area contributed by atoms with E-state index in [9.17, 15) is 0 Å². The Bertz CT molecular complexity index is 142. The van der Waals surface area contributed by atoms with Crippen LogP contribution in [-0.4, -0.2) is 0 Å². The van der Waals surface area contributed by atoms with Gasteiger partial charge < -0.3 is 11.5 Å². The van der Waals surface area contributed by atoms with Gasteiger partial charge in [0.05, 0.1) is 11.4 Å². The van der Waals surface area contributed by atoms with E-state index in [0.29, 0.717) is 19.6 Å². The fraction of sp³-hybridized carbons (Fsp3) is 0. The van der Waals surface area contributed by atoms with Gasteiger partial charge >= 0.3 is 0 Å².